The zero-order chi connectivity index (χ0) is 11.1. The van der Waals surface area contributed by atoms with Crippen LogP contribution >= 0.6 is 0 Å². The molecule has 0 aliphatic heterocycles. The molecule has 0 saturated carbocycles. The number of carbonyl (C=O) groups excluding carboxylic acids is 1. The van der Waals surface area contributed by atoms with Gasteiger partial charge in [0.25, 0.3) is 0 Å². The van der Waals surface area contributed by atoms with Gasteiger partial charge < -0.3 is 10.4 Å². The number of nitrogens with zero attached hydrogens (tertiary/aromatic N) is 1. The third-order valence-corrected chi connectivity index (χ3v) is 1.66. The van der Waals surface area contributed by atoms with E-state index in [2.05, 4.69) is 22.1 Å². The normalized spacial score (nSPS) is 8.93. The zero-order valence-corrected chi connectivity index (χ0v) is 8.45. The van der Waals surface area contributed by atoms with Crippen LogP contribution in [0.2, 0.25) is 0 Å². The molecule has 0 fully saturated rings. The molecule has 1 heterocycles. The Hall–Kier alpha value is -1.86. The monoisotopic (exact) mass is 204 g/mol. The molecule has 1 amide bonds. The van der Waals surface area contributed by atoms with Gasteiger partial charge in [0.05, 0.1) is 0 Å². The number of nitrogens with one attached hydrogen (secondary N) is 1. The van der Waals surface area contributed by atoms with Crippen molar-refractivity contribution in [3.63, 3.8) is 0 Å². The molecule has 0 radical (unpaired) electrons. The summed E-state index contributed by atoms with van der Waals surface area (Å²) in [5.74, 6) is 5.65. The second-order valence-electron chi connectivity index (χ2n) is 2.79. The maximum atomic E-state index is 11.1. The van der Waals surface area contributed by atoms with Crippen molar-refractivity contribution >= 4 is 11.7 Å². The van der Waals surface area contributed by atoms with Crippen LogP contribution in [0.25, 0.3) is 0 Å². The van der Waals surface area contributed by atoms with Crippen LogP contribution in [-0.2, 0) is 4.79 Å². The maximum absolute atomic E-state index is 11.1. The number of aromatic nitrogens is 1. The first-order valence-electron chi connectivity index (χ1n) is 4.62. The average molecular weight is 204 g/mol. The first-order chi connectivity index (χ1) is 7.26. The molecule has 0 saturated heterocycles. The highest BCUT2D eigenvalue weighted by Crippen LogP contribution is 2.05. The second-order valence-corrected chi connectivity index (χ2v) is 2.79. The van der Waals surface area contributed by atoms with E-state index in [1.165, 1.54) is 0 Å². The summed E-state index contributed by atoms with van der Waals surface area (Å²) < 4.78 is 0. The van der Waals surface area contributed by atoms with Crippen molar-refractivity contribution in [3.05, 3.63) is 23.9 Å². The summed E-state index contributed by atoms with van der Waals surface area (Å²) in [4.78, 5) is 15.1. The average Bonchev–Trinajstić information content (AvgIpc) is 2.26. The molecular weight excluding hydrogens is 192 g/mol. The summed E-state index contributed by atoms with van der Waals surface area (Å²) in [7, 11) is 0. The van der Waals surface area contributed by atoms with E-state index >= 15 is 0 Å². The first kappa shape index (κ1) is 11.2. The predicted molar refractivity (Wildman–Crippen MR) is 57.1 cm³/mol. The third-order valence-electron chi connectivity index (χ3n) is 1.66. The Morgan fingerprint density at radius 1 is 1.67 bits per heavy atom. The van der Waals surface area contributed by atoms with E-state index in [9.17, 15) is 4.79 Å². The van der Waals surface area contributed by atoms with Gasteiger partial charge in [0.15, 0.2) is 0 Å². The van der Waals surface area contributed by atoms with Gasteiger partial charge in [0, 0.05) is 18.2 Å². The summed E-state index contributed by atoms with van der Waals surface area (Å²) in [6, 6.07) is 3.38. The quantitative estimate of drug-likeness (QED) is 0.699. The molecule has 4 heteroatoms. The Balaban J connectivity index is 2.78. The molecule has 0 aliphatic rings. The Kier molecular flexibility index (Phi) is 4.32. The SMILES string of the molecule is CCC(=O)Nc1cc(C#CCO)ccn1. The van der Waals surface area contributed by atoms with Gasteiger partial charge >= 0.3 is 0 Å². The number of aliphatic hydroxyl groups is 1. The summed E-state index contributed by atoms with van der Waals surface area (Å²) in [5, 5.41) is 11.1. The lowest BCUT2D eigenvalue weighted by atomic mass is 10.2. The van der Waals surface area contributed by atoms with Crippen molar-refractivity contribution in [2.45, 2.75) is 13.3 Å². The number of hydrogen-bond donors (Lipinski definition) is 2. The highest BCUT2D eigenvalue weighted by Gasteiger charge is 1.99. The van der Waals surface area contributed by atoms with Crippen molar-refractivity contribution in [1.82, 2.24) is 4.98 Å². The largest absolute Gasteiger partial charge is 0.384 e. The fourth-order valence-electron chi connectivity index (χ4n) is 0.949. The van der Waals surface area contributed by atoms with Gasteiger partial charge in [0.1, 0.15) is 12.4 Å². The summed E-state index contributed by atoms with van der Waals surface area (Å²) in [6.07, 6.45) is 1.97. The molecule has 1 aromatic heterocycles. The molecule has 1 aromatic rings. The van der Waals surface area contributed by atoms with Gasteiger partial charge in [-0.25, -0.2) is 4.98 Å². The first-order valence-corrected chi connectivity index (χ1v) is 4.62. The minimum atomic E-state index is -0.182. The van der Waals surface area contributed by atoms with E-state index in [0.717, 1.165) is 0 Å². The van der Waals surface area contributed by atoms with Crippen LogP contribution in [0, 0.1) is 11.8 Å². The van der Waals surface area contributed by atoms with Crippen molar-refractivity contribution in [2.75, 3.05) is 11.9 Å². The number of anilines is 1. The lowest BCUT2D eigenvalue weighted by molar-refractivity contribution is -0.115. The number of carbonyl (C=O) groups is 1. The third kappa shape index (κ3) is 3.79. The van der Waals surface area contributed by atoms with Crippen LogP contribution in [0.1, 0.15) is 18.9 Å². The van der Waals surface area contributed by atoms with Crippen molar-refractivity contribution in [1.29, 1.82) is 0 Å². The van der Waals surface area contributed by atoms with Gasteiger partial charge in [-0.3, -0.25) is 4.79 Å². The minimum absolute atomic E-state index is 0.0882. The number of aliphatic hydroxyl groups excluding tert-OH is 1. The molecule has 78 valence electrons. The van der Waals surface area contributed by atoms with Crippen molar-refractivity contribution < 1.29 is 9.90 Å². The Labute approximate surface area is 88.3 Å². The van der Waals surface area contributed by atoms with Crippen molar-refractivity contribution in [2.24, 2.45) is 0 Å². The molecule has 0 aliphatic carbocycles. The molecule has 0 atom stereocenters. The fourth-order valence-corrected chi connectivity index (χ4v) is 0.949. The standard InChI is InChI=1S/C11H12N2O2/c1-2-11(15)13-10-8-9(4-3-7-14)5-6-12-10/h5-6,8,14H,2,7H2,1H3,(H,12,13,15). The summed E-state index contributed by atoms with van der Waals surface area (Å²) in [6.45, 7) is 1.59. The van der Waals surface area contributed by atoms with Crippen LogP contribution in [-0.4, -0.2) is 22.6 Å². The molecule has 15 heavy (non-hydrogen) atoms. The van der Waals surface area contributed by atoms with Crippen molar-refractivity contribution in [3.8, 4) is 11.8 Å². The zero-order valence-electron chi connectivity index (χ0n) is 8.45. The highest BCUT2D eigenvalue weighted by atomic mass is 16.2. The fraction of sp³-hybridized carbons (Fsp3) is 0.273. The van der Waals surface area contributed by atoms with E-state index < -0.39 is 0 Å². The van der Waals surface area contributed by atoms with E-state index in [4.69, 9.17) is 5.11 Å². The van der Waals surface area contributed by atoms with Gasteiger partial charge in [-0.2, -0.15) is 0 Å². The Morgan fingerprint density at radius 2 is 2.47 bits per heavy atom. The summed E-state index contributed by atoms with van der Waals surface area (Å²) in [5.41, 5.74) is 0.713. The molecular formula is C11H12N2O2. The van der Waals surface area contributed by atoms with Gasteiger partial charge in [0.2, 0.25) is 5.91 Å². The summed E-state index contributed by atoms with van der Waals surface area (Å²) >= 11 is 0. The second kappa shape index (κ2) is 5.78. The number of rotatable bonds is 2. The van der Waals surface area contributed by atoms with Crippen LogP contribution in [0.4, 0.5) is 5.82 Å². The predicted octanol–water partition coefficient (Wildman–Crippen LogP) is 0.774. The van der Waals surface area contributed by atoms with E-state index in [-0.39, 0.29) is 12.5 Å². The Morgan fingerprint density at radius 3 is 3.13 bits per heavy atom. The van der Waals surface area contributed by atoms with E-state index in [1.54, 1.807) is 25.3 Å². The van der Waals surface area contributed by atoms with Crippen LogP contribution in [0.15, 0.2) is 18.3 Å². The van der Waals surface area contributed by atoms with Crippen LogP contribution in [0.3, 0.4) is 0 Å². The van der Waals surface area contributed by atoms with Gasteiger partial charge in [-0.15, -0.1) is 0 Å². The van der Waals surface area contributed by atoms with E-state index in [1.807, 2.05) is 0 Å². The molecule has 4 nitrogen and oxygen atoms in total. The number of pyridine rings is 1. The molecule has 2 N–H and O–H groups in total. The number of hydrogen-bond acceptors (Lipinski definition) is 3. The molecule has 0 unspecified atom stereocenters. The van der Waals surface area contributed by atoms with Crippen LogP contribution in [0.5, 0.6) is 0 Å². The smallest absolute Gasteiger partial charge is 0.225 e. The maximum Gasteiger partial charge on any atom is 0.225 e. The van der Waals surface area contributed by atoms with E-state index in [0.29, 0.717) is 17.8 Å². The minimum Gasteiger partial charge on any atom is -0.384 e. The van der Waals surface area contributed by atoms with Gasteiger partial charge in [-0.05, 0) is 12.1 Å². The Bertz CT molecular complexity index is 405. The lowest BCUT2D eigenvalue weighted by Gasteiger charge is -2.01. The lowest BCUT2D eigenvalue weighted by Crippen LogP contribution is -2.10. The molecule has 0 spiro atoms. The topological polar surface area (TPSA) is 62.2 Å². The molecule has 0 aromatic carbocycles. The highest BCUT2D eigenvalue weighted by molar-refractivity contribution is 5.89. The molecule has 0 bridgehead atoms. The number of amides is 1. The van der Waals surface area contributed by atoms with Gasteiger partial charge in [-0.1, -0.05) is 18.8 Å². The molecule has 1 rings (SSSR count). The van der Waals surface area contributed by atoms with Crippen LogP contribution < -0.4 is 5.32 Å².